The van der Waals surface area contributed by atoms with Gasteiger partial charge in [-0.05, 0) is 44.3 Å². The Morgan fingerprint density at radius 3 is 2.75 bits per heavy atom. The van der Waals surface area contributed by atoms with Crippen molar-refractivity contribution in [2.75, 3.05) is 26.4 Å². The molecule has 0 spiro atoms. The van der Waals surface area contributed by atoms with E-state index in [2.05, 4.69) is 25.2 Å². The zero-order valence-electron chi connectivity index (χ0n) is 9.73. The molecular formula is C9H17N5O2. The van der Waals surface area contributed by atoms with E-state index >= 15 is 0 Å². The van der Waals surface area contributed by atoms with Gasteiger partial charge in [-0.15, -0.1) is 0 Å². The number of hydrogen-bond acceptors (Lipinski definition) is 6. The third-order valence-corrected chi connectivity index (χ3v) is 2.12. The number of anilines is 1. The largest absolute Gasteiger partial charge is 0.379 e. The van der Waals surface area contributed by atoms with E-state index in [1.165, 1.54) is 0 Å². The topological polar surface area (TPSA) is 97.3 Å². The van der Waals surface area contributed by atoms with Crippen LogP contribution in [0.25, 0.3) is 0 Å². The van der Waals surface area contributed by atoms with E-state index in [4.69, 9.17) is 5.73 Å². The summed E-state index contributed by atoms with van der Waals surface area (Å²) in [5, 5.41) is 9.54. The van der Waals surface area contributed by atoms with E-state index in [-0.39, 0.29) is 23.5 Å². The van der Waals surface area contributed by atoms with Crippen molar-refractivity contribution in [2.24, 2.45) is 0 Å². The fourth-order valence-electron chi connectivity index (χ4n) is 1.17. The van der Waals surface area contributed by atoms with Gasteiger partial charge in [-0.25, -0.2) is 4.63 Å². The predicted molar refractivity (Wildman–Crippen MR) is 58.8 cm³/mol. The molecule has 1 aromatic heterocycles. The van der Waals surface area contributed by atoms with Crippen LogP contribution in [-0.4, -0.2) is 47.8 Å². The fraction of sp³-hybridized carbons (Fsp3) is 0.667. The van der Waals surface area contributed by atoms with Gasteiger partial charge in [-0.3, -0.25) is 4.79 Å². The molecule has 0 radical (unpaired) electrons. The van der Waals surface area contributed by atoms with Crippen molar-refractivity contribution in [1.29, 1.82) is 0 Å². The standard InChI is InChI=1S/C9H17N5O2/c1-6(4-5-14(2)3)11-9(15)7-8(10)13-16-12-7/h6H,4-5H2,1-3H3,(H2,10,13)(H,11,15). The summed E-state index contributed by atoms with van der Waals surface area (Å²) in [7, 11) is 3.96. The third-order valence-electron chi connectivity index (χ3n) is 2.12. The zero-order valence-corrected chi connectivity index (χ0v) is 9.73. The average Bonchev–Trinajstić information content (AvgIpc) is 2.61. The van der Waals surface area contributed by atoms with Crippen LogP contribution in [-0.2, 0) is 0 Å². The third kappa shape index (κ3) is 3.50. The van der Waals surface area contributed by atoms with Crippen LogP contribution >= 0.6 is 0 Å². The molecule has 1 atom stereocenters. The van der Waals surface area contributed by atoms with Gasteiger partial charge in [-0.2, -0.15) is 0 Å². The van der Waals surface area contributed by atoms with Gasteiger partial charge in [-0.1, -0.05) is 0 Å². The lowest BCUT2D eigenvalue weighted by Gasteiger charge is -2.15. The molecule has 0 fully saturated rings. The van der Waals surface area contributed by atoms with Gasteiger partial charge in [0.15, 0.2) is 0 Å². The molecule has 0 aromatic carbocycles. The molecule has 0 bridgehead atoms. The number of nitrogens with zero attached hydrogens (tertiary/aromatic N) is 3. The van der Waals surface area contributed by atoms with Gasteiger partial charge >= 0.3 is 0 Å². The molecule has 90 valence electrons. The molecule has 1 aromatic rings. The minimum absolute atomic E-state index is 0.0114. The number of nitrogens with one attached hydrogen (secondary N) is 1. The molecule has 16 heavy (non-hydrogen) atoms. The number of carbonyl (C=O) groups excluding carboxylic acids is 1. The van der Waals surface area contributed by atoms with Crippen molar-refractivity contribution in [3.63, 3.8) is 0 Å². The number of nitrogen functional groups attached to an aromatic ring is 1. The van der Waals surface area contributed by atoms with Crippen molar-refractivity contribution >= 4 is 11.7 Å². The Labute approximate surface area is 93.9 Å². The first-order chi connectivity index (χ1) is 7.50. The Morgan fingerprint density at radius 1 is 1.56 bits per heavy atom. The summed E-state index contributed by atoms with van der Waals surface area (Å²) in [6, 6.07) is 0.0472. The summed E-state index contributed by atoms with van der Waals surface area (Å²) in [4.78, 5) is 13.7. The highest BCUT2D eigenvalue weighted by atomic mass is 16.6. The lowest BCUT2D eigenvalue weighted by Crippen LogP contribution is -2.35. The SMILES string of the molecule is CC(CCN(C)C)NC(=O)c1nonc1N. The summed E-state index contributed by atoms with van der Waals surface area (Å²) in [5.41, 5.74) is 5.44. The molecule has 1 amide bonds. The van der Waals surface area contributed by atoms with Crippen LogP contribution in [0.2, 0.25) is 0 Å². The molecule has 3 N–H and O–H groups in total. The number of hydrogen-bond donors (Lipinski definition) is 2. The Hall–Kier alpha value is -1.63. The molecule has 0 aliphatic carbocycles. The van der Waals surface area contributed by atoms with Crippen molar-refractivity contribution in [1.82, 2.24) is 20.5 Å². The first-order valence-electron chi connectivity index (χ1n) is 5.04. The molecule has 0 saturated carbocycles. The summed E-state index contributed by atoms with van der Waals surface area (Å²) in [5.74, 6) is -0.345. The van der Waals surface area contributed by atoms with Gasteiger partial charge in [0.2, 0.25) is 11.5 Å². The van der Waals surface area contributed by atoms with Crippen LogP contribution in [0.5, 0.6) is 0 Å². The first-order valence-corrected chi connectivity index (χ1v) is 5.04. The molecular weight excluding hydrogens is 210 g/mol. The highest BCUT2D eigenvalue weighted by molar-refractivity contribution is 5.96. The highest BCUT2D eigenvalue weighted by Gasteiger charge is 2.17. The van der Waals surface area contributed by atoms with E-state index < -0.39 is 0 Å². The second-order valence-electron chi connectivity index (χ2n) is 3.96. The summed E-state index contributed by atoms with van der Waals surface area (Å²) in [6.07, 6.45) is 0.851. The quantitative estimate of drug-likeness (QED) is 0.718. The van der Waals surface area contributed by atoms with E-state index in [0.29, 0.717) is 0 Å². The molecule has 0 aliphatic rings. The van der Waals surface area contributed by atoms with E-state index in [1.54, 1.807) is 0 Å². The highest BCUT2D eigenvalue weighted by Crippen LogP contribution is 2.04. The first kappa shape index (κ1) is 12.4. The fourth-order valence-corrected chi connectivity index (χ4v) is 1.17. The van der Waals surface area contributed by atoms with Gasteiger partial charge < -0.3 is 16.0 Å². The van der Waals surface area contributed by atoms with E-state index in [9.17, 15) is 4.79 Å². The maximum absolute atomic E-state index is 11.6. The maximum Gasteiger partial charge on any atom is 0.277 e. The lowest BCUT2D eigenvalue weighted by molar-refractivity contribution is 0.0927. The van der Waals surface area contributed by atoms with Crippen LogP contribution < -0.4 is 11.1 Å². The Balaban J connectivity index is 2.43. The number of amides is 1. The van der Waals surface area contributed by atoms with Crippen molar-refractivity contribution in [3.05, 3.63) is 5.69 Å². The minimum Gasteiger partial charge on any atom is -0.379 e. The van der Waals surface area contributed by atoms with E-state index in [0.717, 1.165) is 13.0 Å². The second kappa shape index (κ2) is 5.45. The van der Waals surface area contributed by atoms with Crippen molar-refractivity contribution in [2.45, 2.75) is 19.4 Å². The van der Waals surface area contributed by atoms with Crippen LogP contribution in [0, 0.1) is 0 Å². The maximum atomic E-state index is 11.6. The summed E-state index contributed by atoms with van der Waals surface area (Å²) in [6.45, 7) is 2.82. The molecule has 1 rings (SSSR count). The molecule has 0 saturated heterocycles. The number of rotatable bonds is 5. The van der Waals surface area contributed by atoms with Gasteiger partial charge in [0, 0.05) is 6.04 Å². The predicted octanol–water partition coefficient (Wildman–Crippen LogP) is -0.278. The summed E-state index contributed by atoms with van der Waals surface area (Å²) >= 11 is 0. The normalized spacial score (nSPS) is 12.8. The number of carbonyl (C=O) groups is 1. The Bertz CT molecular complexity index is 349. The van der Waals surface area contributed by atoms with Crippen LogP contribution in [0.1, 0.15) is 23.8 Å². The Morgan fingerprint density at radius 2 is 2.25 bits per heavy atom. The van der Waals surface area contributed by atoms with Gasteiger partial charge in [0.25, 0.3) is 5.91 Å². The molecule has 7 nitrogen and oxygen atoms in total. The lowest BCUT2D eigenvalue weighted by atomic mass is 10.2. The van der Waals surface area contributed by atoms with Crippen molar-refractivity contribution < 1.29 is 9.42 Å². The molecule has 7 heteroatoms. The van der Waals surface area contributed by atoms with E-state index in [1.807, 2.05) is 21.0 Å². The second-order valence-corrected chi connectivity index (χ2v) is 3.96. The zero-order chi connectivity index (χ0) is 12.1. The number of nitrogens with two attached hydrogens (primary N) is 1. The smallest absolute Gasteiger partial charge is 0.277 e. The monoisotopic (exact) mass is 227 g/mol. The summed E-state index contributed by atoms with van der Waals surface area (Å²) < 4.78 is 4.35. The van der Waals surface area contributed by atoms with Crippen LogP contribution in [0.15, 0.2) is 4.63 Å². The molecule has 0 aliphatic heterocycles. The van der Waals surface area contributed by atoms with Gasteiger partial charge in [0.1, 0.15) is 0 Å². The van der Waals surface area contributed by atoms with Crippen molar-refractivity contribution in [3.8, 4) is 0 Å². The van der Waals surface area contributed by atoms with Crippen LogP contribution in [0.4, 0.5) is 5.82 Å². The Kier molecular flexibility index (Phi) is 4.24. The molecule has 1 heterocycles. The molecule has 1 unspecified atom stereocenters. The van der Waals surface area contributed by atoms with Crippen LogP contribution in [0.3, 0.4) is 0 Å². The number of aromatic nitrogens is 2. The average molecular weight is 227 g/mol. The minimum atomic E-state index is -0.356. The van der Waals surface area contributed by atoms with Gasteiger partial charge in [0.05, 0.1) is 0 Å².